The fraction of sp³-hybridized carbons (Fsp3) is 0.400. The van der Waals surface area contributed by atoms with Crippen molar-refractivity contribution in [1.82, 2.24) is 9.88 Å². The van der Waals surface area contributed by atoms with Gasteiger partial charge in [0, 0.05) is 45.5 Å². The highest BCUT2D eigenvalue weighted by atomic mass is 19.1. The van der Waals surface area contributed by atoms with Crippen LogP contribution in [0.3, 0.4) is 0 Å². The van der Waals surface area contributed by atoms with Gasteiger partial charge in [-0.15, -0.1) is 0 Å². The van der Waals surface area contributed by atoms with Gasteiger partial charge < -0.3 is 20.1 Å². The van der Waals surface area contributed by atoms with Crippen molar-refractivity contribution < 1.29 is 18.3 Å². The van der Waals surface area contributed by atoms with Crippen LogP contribution >= 0.6 is 0 Å². The van der Waals surface area contributed by atoms with E-state index in [4.69, 9.17) is 15.2 Å². The van der Waals surface area contributed by atoms with Crippen molar-refractivity contribution in [2.24, 2.45) is 17.8 Å². The average molecular weight is 419 g/mol. The first-order valence-corrected chi connectivity index (χ1v) is 9.62. The van der Waals surface area contributed by atoms with E-state index in [0.29, 0.717) is 30.7 Å². The molecule has 0 bridgehead atoms. The molecule has 160 valence electrons. The molecule has 2 aliphatic rings. The lowest BCUT2D eigenvalue weighted by Gasteiger charge is -2.37. The van der Waals surface area contributed by atoms with Crippen LogP contribution in [-0.2, 0) is 11.8 Å². The van der Waals surface area contributed by atoms with Crippen LogP contribution in [0.25, 0.3) is 0 Å². The second kappa shape index (κ2) is 8.04. The maximum atomic E-state index is 14.0. The number of nitrogens with zero attached hydrogens (tertiary/aromatic N) is 3. The van der Waals surface area contributed by atoms with Gasteiger partial charge in [0.1, 0.15) is 17.5 Å². The van der Waals surface area contributed by atoms with Crippen LogP contribution < -0.4 is 26.2 Å². The highest BCUT2D eigenvalue weighted by Crippen LogP contribution is 2.29. The topological polar surface area (TPSA) is 94.1 Å². The molecule has 3 N–H and O–H groups in total. The van der Waals surface area contributed by atoms with Crippen molar-refractivity contribution in [3.8, 4) is 11.5 Å². The third-order valence-electron chi connectivity index (χ3n) is 5.31. The van der Waals surface area contributed by atoms with E-state index in [1.807, 2.05) is 11.9 Å². The summed E-state index contributed by atoms with van der Waals surface area (Å²) in [5.74, 6) is -1.25. The van der Waals surface area contributed by atoms with E-state index in [9.17, 15) is 13.6 Å². The highest BCUT2D eigenvalue weighted by Gasteiger charge is 2.30. The number of nitrogens with one attached hydrogen (secondary N) is 1. The molecule has 30 heavy (non-hydrogen) atoms. The second-order valence-electron chi connectivity index (χ2n) is 7.34. The lowest BCUT2D eigenvalue weighted by Crippen LogP contribution is -2.53. The first kappa shape index (κ1) is 20.3. The summed E-state index contributed by atoms with van der Waals surface area (Å²) in [5.41, 5.74) is 6.20. The molecule has 1 saturated heterocycles. The molecule has 0 aliphatic carbocycles. The Labute approximate surface area is 171 Å². The Morgan fingerprint density at radius 3 is 2.63 bits per heavy atom. The SMILES string of the molecule is CN1c2c(cc(Oc3ccc(F)cc3F)c(=O)n2C)C(N)=NC1NC1CCOCC1. The summed E-state index contributed by atoms with van der Waals surface area (Å²) in [6, 6.07) is 4.53. The molecule has 2 aromatic rings. The van der Waals surface area contributed by atoms with Gasteiger partial charge in [-0.3, -0.25) is 14.7 Å². The first-order chi connectivity index (χ1) is 14.3. The minimum absolute atomic E-state index is 0.135. The number of anilines is 1. The van der Waals surface area contributed by atoms with E-state index in [2.05, 4.69) is 10.3 Å². The molecule has 10 heteroatoms. The van der Waals surface area contributed by atoms with Crippen molar-refractivity contribution in [1.29, 1.82) is 0 Å². The van der Waals surface area contributed by atoms with Gasteiger partial charge in [-0.1, -0.05) is 0 Å². The molecular weight excluding hydrogens is 396 g/mol. The Bertz CT molecular complexity index is 1050. The predicted molar refractivity (Wildman–Crippen MR) is 108 cm³/mol. The lowest BCUT2D eigenvalue weighted by atomic mass is 10.1. The monoisotopic (exact) mass is 419 g/mol. The van der Waals surface area contributed by atoms with Crippen LogP contribution in [0.1, 0.15) is 18.4 Å². The summed E-state index contributed by atoms with van der Waals surface area (Å²) >= 11 is 0. The van der Waals surface area contributed by atoms with Crippen LogP contribution in [0.5, 0.6) is 11.5 Å². The molecule has 0 spiro atoms. The number of nitrogens with two attached hydrogens (primary N) is 1. The normalized spacial score (nSPS) is 19.4. The molecule has 1 aromatic carbocycles. The van der Waals surface area contributed by atoms with Crippen LogP contribution in [0, 0.1) is 11.6 Å². The number of hydrogen-bond donors (Lipinski definition) is 2. The van der Waals surface area contributed by atoms with Gasteiger partial charge in [-0.2, -0.15) is 0 Å². The second-order valence-corrected chi connectivity index (χ2v) is 7.34. The summed E-state index contributed by atoms with van der Waals surface area (Å²) in [6.45, 7) is 1.37. The Balaban J connectivity index is 1.67. The summed E-state index contributed by atoms with van der Waals surface area (Å²) in [4.78, 5) is 19.2. The van der Waals surface area contributed by atoms with Gasteiger partial charge in [0.15, 0.2) is 23.6 Å². The van der Waals surface area contributed by atoms with Crippen molar-refractivity contribution >= 4 is 11.7 Å². The van der Waals surface area contributed by atoms with Crippen molar-refractivity contribution in [2.45, 2.75) is 25.2 Å². The maximum Gasteiger partial charge on any atom is 0.294 e. The van der Waals surface area contributed by atoms with Gasteiger partial charge in [0.05, 0.1) is 5.56 Å². The number of hydrogen-bond acceptors (Lipinski definition) is 7. The van der Waals surface area contributed by atoms with Crippen molar-refractivity contribution in [3.05, 3.63) is 51.8 Å². The number of aliphatic imine (C=N–C) groups is 1. The van der Waals surface area contributed by atoms with E-state index in [-0.39, 0.29) is 23.4 Å². The molecule has 2 aliphatic heterocycles. The van der Waals surface area contributed by atoms with Gasteiger partial charge in [-0.25, -0.2) is 13.8 Å². The largest absolute Gasteiger partial charge is 0.448 e. The zero-order valence-electron chi connectivity index (χ0n) is 16.7. The van der Waals surface area contributed by atoms with Crippen LogP contribution in [0.15, 0.2) is 34.1 Å². The Morgan fingerprint density at radius 2 is 1.93 bits per heavy atom. The summed E-state index contributed by atoms with van der Waals surface area (Å²) in [6.07, 6.45) is 1.29. The predicted octanol–water partition coefficient (Wildman–Crippen LogP) is 1.66. The fourth-order valence-corrected chi connectivity index (χ4v) is 3.69. The van der Waals surface area contributed by atoms with Gasteiger partial charge in [0.25, 0.3) is 5.56 Å². The molecule has 1 fully saturated rings. The fourth-order valence-electron chi connectivity index (χ4n) is 3.69. The summed E-state index contributed by atoms with van der Waals surface area (Å²) in [5, 5.41) is 3.44. The maximum absolute atomic E-state index is 14.0. The molecule has 0 amide bonds. The van der Waals surface area contributed by atoms with Crippen LogP contribution in [-0.4, -0.2) is 43.0 Å². The van der Waals surface area contributed by atoms with Crippen molar-refractivity contribution in [2.75, 3.05) is 25.2 Å². The average Bonchev–Trinajstić information content (AvgIpc) is 2.72. The number of benzene rings is 1. The van der Waals surface area contributed by atoms with E-state index in [1.54, 1.807) is 7.05 Å². The lowest BCUT2D eigenvalue weighted by molar-refractivity contribution is 0.0751. The minimum Gasteiger partial charge on any atom is -0.448 e. The third-order valence-corrected chi connectivity index (χ3v) is 5.31. The van der Waals surface area contributed by atoms with E-state index >= 15 is 0 Å². The number of pyridine rings is 1. The Hall–Kier alpha value is -2.98. The van der Waals surface area contributed by atoms with Gasteiger partial charge >= 0.3 is 0 Å². The molecule has 8 nitrogen and oxygen atoms in total. The van der Waals surface area contributed by atoms with Crippen LogP contribution in [0.2, 0.25) is 0 Å². The molecule has 1 atom stereocenters. The van der Waals surface area contributed by atoms with Gasteiger partial charge in [-0.05, 0) is 25.0 Å². The summed E-state index contributed by atoms with van der Waals surface area (Å²) < 4.78 is 39.3. The van der Waals surface area contributed by atoms with Crippen molar-refractivity contribution in [3.63, 3.8) is 0 Å². The molecule has 3 heterocycles. The molecule has 0 saturated carbocycles. The molecular formula is C20H23F2N5O3. The Morgan fingerprint density at radius 1 is 1.20 bits per heavy atom. The Kier molecular flexibility index (Phi) is 5.44. The van der Waals surface area contributed by atoms with Gasteiger partial charge in [0.2, 0.25) is 0 Å². The highest BCUT2D eigenvalue weighted by molar-refractivity contribution is 6.03. The quantitative estimate of drug-likeness (QED) is 0.783. The zero-order valence-corrected chi connectivity index (χ0v) is 16.7. The number of aromatic nitrogens is 1. The summed E-state index contributed by atoms with van der Waals surface area (Å²) in [7, 11) is 3.39. The molecule has 1 aromatic heterocycles. The third kappa shape index (κ3) is 3.75. The number of rotatable bonds is 4. The minimum atomic E-state index is -0.908. The first-order valence-electron chi connectivity index (χ1n) is 9.62. The van der Waals surface area contributed by atoms with E-state index in [0.717, 1.165) is 25.0 Å². The molecule has 0 radical (unpaired) electrons. The van der Waals surface area contributed by atoms with Crippen LogP contribution in [0.4, 0.5) is 14.6 Å². The number of amidine groups is 1. The number of fused-ring (bicyclic) bond motifs is 1. The van der Waals surface area contributed by atoms with E-state index in [1.165, 1.54) is 10.6 Å². The number of halogens is 2. The standard InChI is InChI=1S/C20H23F2N5O3/c1-26-18-13(10-16(19(26)28)30-15-4-3-11(21)9-14(15)22)17(23)25-20(27(18)2)24-12-5-7-29-8-6-12/h3-4,9-10,12,20,24H,5-8H2,1-2H3,(H2,23,25). The molecule has 1 unspecified atom stereocenters. The zero-order chi connectivity index (χ0) is 21.4. The smallest absolute Gasteiger partial charge is 0.294 e. The molecule has 4 rings (SSSR count). The van der Waals surface area contributed by atoms with E-state index < -0.39 is 23.5 Å². The number of ether oxygens (including phenoxy) is 2.